The molecular formula is C28H33N6OS+. The minimum absolute atomic E-state index is 0.106. The van der Waals surface area contributed by atoms with Gasteiger partial charge >= 0.3 is 0 Å². The molecule has 7 nitrogen and oxygen atoms in total. The highest BCUT2D eigenvalue weighted by Gasteiger charge is 2.30. The Balaban J connectivity index is 1.12. The summed E-state index contributed by atoms with van der Waals surface area (Å²) >= 11 is 1.58. The highest BCUT2D eigenvalue weighted by molar-refractivity contribution is 7.14. The van der Waals surface area contributed by atoms with E-state index in [1.54, 1.807) is 17.5 Å². The SMILES string of the molecule is CN1CCC(C[N+]2=CC3C=CC(c4cncc(-c5cc(NC(=O)CC6CCC6)cs5)n4)=CC3=N2)CC1. The minimum atomic E-state index is 0.106. The van der Waals surface area contributed by atoms with Gasteiger partial charge in [-0.25, -0.2) is 4.98 Å². The van der Waals surface area contributed by atoms with Crippen molar-refractivity contribution >= 4 is 40.4 Å². The molecule has 2 aromatic heterocycles. The second-order valence-corrected chi connectivity index (χ2v) is 11.5. The molecular weight excluding hydrogens is 468 g/mol. The number of fused-ring (bicyclic) bond motifs is 1. The maximum Gasteiger partial charge on any atom is 0.224 e. The van der Waals surface area contributed by atoms with Gasteiger partial charge in [-0.05, 0) is 69.0 Å². The predicted molar refractivity (Wildman–Crippen MR) is 145 cm³/mol. The van der Waals surface area contributed by atoms with Gasteiger partial charge in [0.2, 0.25) is 5.91 Å². The van der Waals surface area contributed by atoms with Crippen LogP contribution in [0.4, 0.5) is 5.69 Å². The van der Waals surface area contributed by atoms with Crippen LogP contribution in [0.5, 0.6) is 0 Å². The van der Waals surface area contributed by atoms with Gasteiger partial charge in [-0.3, -0.25) is 9.78 Å². The van der Waals surface area contributed by atoms with Crippen molar-refractivity contribution in [2.24, 2.45) is 22.9 Å². The van der Waals surface area contributed by atoms with Crippen LogP contribution >= 0.6 is 11.3 Å². The van der Waals surface area contributed by atoms with E-state index in [9.17, 15) is 4.79 Å². The van der Waals surface area contributed by atoms with Gasteiger partial charge in [0.1, 0.15) is 11.6 Å². The minimum Gasteiger partial charge on any atom is -0.325 e. The molecule has 8 heteroatoms. The molecule has 1 saturated carbocycles. The number of nitrogens with zero attached hydrogens (tertiary/aromatic N) is 5. The molecule has 1 unspecified atom stereocenters. The first-order chi connectivity index (χ1) is 17.6. The molecule has 0 aromatic carbocycles. The highest BCUT2D eigenvalue weighted by atomic mass is 32.1. The Hall–Kier alpha value is -2.97. The van der Waals surface area contributed by atoms with E-state index >= 15 is 0 Å². The standard InChI is InChI=1S/C28H32N6OS/c1-33-9-7-20(8-10-33)16-34-17-22-6-5-21(12-24(22)32-34)25-14-29-15-26(31-25)27-13-23(18-36-27)30-28(35)11-19-3-2-4-19/h5-6,12-15,17-20,22H,2-4,7-11,16H2,1H3/p+1. The van der Waals surface area contributed by atoms with Crippen LogP contribution in [0.3, 0.4) is 0 Å². The van der Waals surface area contributed by atoms with Gasteiger partial charge in [-0.1, -0.05) is 23.3 Å². The molecule has 1 amide bonds. The number of thiophene rings is 1. The van der Waals surface area contributed by atoms with E-state index in [0.717, 1.165) is 39.8 Å². The average Bonchev–Trinajstić information content (AvgIpc) is 3.49. The van der Waals surface area contributed by atoms with E-state index in [-0.39, 0.29) is 11.8 Å². The number of anilines is 1. The molecule has 0 spiro atoms. The zero-order chi connectivity index (χ0) is 24.5. The number of hydrogen-bond acceptors (Lipinski definition) is 6. The van der Waals surface area contributed by atoms with Crippen molar-refractivity contribution in [2.75, 3.05) is 32.0 Å². The van der Waals surface area contributed by atoms with Crippen molar-refractivity contribution < 1.29 is 9.48 Å². The fourth-order valence-corrected chi connectivity index (χ4v) is 6.09. The van der Waals surface area contributed by atoms with Crippen LogP contribution in [0.15, 0.2) is 47.2 Å². The molecule has 1 atom stereocenters. The van der Waals surface area contributed by atoms with Crippen LogP contribution in [0.2, 0.25) is 0 Å². The molecule has 36 heavy (non-hydrogen) atoms. The van der Waals surface area contributed by atoms with Crippen molar-refractivity contribution in [1.82, 2.24) is 14.9 Å². The van der Waals surface area contributed by atoms with E-state index in [4.69, 9.17) is 10.1 Å². The van der Waals surface area contributed by atoms with Crippen molar-refractivity contribution in [2.45, 2.75) is 38.5 Å². The van der Waals surface area contributed by atoms with Gasteiger partial charge in [-0.15, -0.1) is 11.3 Å². The Morgan fingerprint density at radius 1 is 1.17 bits per heavy atom. The summed E-state index contributed by atoms with van der Waals surface area (Å²) in [6.07, 6.45) is 19.0. The third-order valence-electron chi connectivity index (χ3n) is 7.75. The van der Waals surface area contributed by atoms with E-state index in [2.05, 4.69) is 51.4 Å². The van der Waals surface area contributed by atoms with Gasteiger partial charge in [-0.2, -0.15) is 0 Å². The summed E-state index contributed by atoms with van der Waals surface area (Å²) in [4.78, 5) is 25.1. The fourth-order valence-electron chi connectivity index (χ4n) is 5.30. The third-order valence-corrected chi connectivity index (χ3v) is 8.71. The van der Waals surface area contributed by atoms with Gasteiger partial charge in [0.25, 0.3) is 0 Å². The van der Waals surface area contributed by atoms with E-state index < -0.39 is 0 Å². The largest absolute Gasteiger partial charge is 0.325 e. The highest BCUT2D eigenvalue weighted by Crippen LogP contribution is 2.32. The predicted octanol–water partition coefficient (Wildman–Crippen LogP) is 4.70. The Morgan fingerprint density at radius 2 is 2.00 bits per heavy atom. The number of allylic oxidation sites excluding steroid dienone is 4. The third kappa shape index (κ3) is 5.25. The molecule has 4 aliphatic rings. The van der Waals surface area contributed by atoms with Crippen LogP contribution in [0, 0.1) is 17.8 Å². The Bertz CT molecular complexity index is 1260. The molecule has 2 fully saturated rings. The van der Waals surface area contributed by atoms with Crippen LogP contribution in [0.25, 0.3) is 16.1 Å². The van der Waals surface area contributed by atoms with Crippen LogP contribution in [-0.2, 0) is 4.79 Å². The number of rotatable bonds is 7. The summed E-state index contributed by atoms with van der Waals surface area (Å²) in [7, 11) is 2.20. The summed E-state index contributed by atoms with van der Waals surface area (Å²) < 4.78 is 2.15. The number of carbonyl (C=O) groups is 1. The molecule has 1 saturated heterocycles. The zero-order valence-corrected chi connectivity index (χ0v) is 21.6. The number of amides is 1. The number of piperidine rings is 1. The van der Waals surface area contributed by atoms with Crippen LogP contribution in [0.1, 0.15) is 44.2 Å². The lowest BCUT2D eigenvalue weighted by Gasteiger charge is -2.26. The summed E-state index contributed by atoms with van der Waals surface area (Å²) in [6.45, 7) is 3.35. The first kappa shape index (κ1) is 23.4. The molecule has 0 radical (unpaired) electrons. The molecule has 2 aromatic rings. The first-order valence-corrected chi connectivity index (χ1v) is 14.0. The van der Waals surface area contributed by atoms with Gasteiger partial charge in [0.05, 0.1) is 34.3 Å². The Morgan fingerprint density at radius 3 is 2.81 bits per heavy atom. The summed E-state index contributed by atoms with van der Waals surface area (Å²) in [5.74, 6) is 1.61. The maximum atomic E-state index is 12.3. The molecule has 186 valence electrons. The second-order valence-electron chi connectivity index (χ2n) is 10.6. The molecule has 6 rings (SSSR count). The summed E-state index contributed by atoms with van der Waals surface area (Å²) in [5, 5.41) is 9.93. The topological polar surface area (TPSA) is 73.5 Å². The van der Waals surface area contributed by atoms with Gasteiger partial charge in [0, 0.05) is 23.3 Å². The maximum absolute atomic E-state index is 12.3. The molecule has 2 aliphatic carbocycles. The van der Waals surface area contributed by atoms with Crippen molar-refractivity contribution in [3.63, 3.8) is 0 Å². The van der Waals surface area contributed by atoms with Crippen LogP contribution < -0.4 is 5.32 Å². The molecule has 2 aliphatic heterocycles. The van der Waals surface area contributed by atoms with Crippen molar-refractivity contribution in [3.8, 4) is 10.6 Å². The van der Waals surface area contributed by atoms with Gasteiger partial charge < -0.3 is 10.2 Å². The fraction of sp³-hybridized carbons (Fsp3) is 0.464. The Labute approximate surface area is 216 Å². The number of hydrazone groups is 1. The number of carbonyl (C=O) groups excluding carboxylic acids is 1. The van der Waals surface area contributed by atoms with Gasteiger partial charge in [0.15, 0.2) is 12.8 Å². The summed E-state index contributed by atoms with van der Waals surface area (Å²) in [5.41, 5.74) is 4.59. The molecule has 1 N–H and O–H groups in total. The normalized spacial score (nSPS) is 22.5. The van der Waals surface area contributed by atoms with E-state index in [0.29, 0.717) is 18.3 Å². The number of hydrogen-bond donors (Lipinski definition) is 1. The molecule has 4 heterocycles. The number of nitrogens with one attached hydrogen (secondary N) is 1. The number of aromatic nitrogens is 2. The van der Waals surface area contributed by atoms with E-state index in [1.165, 1.54) is 45.2 Å². The lowest BCUT2D eigenvalue weighted by atomic mass is 9.83. The van der Waals surface area contributed by atoms with Crippen molar-refractivity contribution in [3.05, 3.63) is 47.8 Å². The average molecular weight is 502 g/mol. The monoisotopic (exact) mass is 501 g/mol. The zero-order valence-electron chi connectivity index (χ0n) is 20.8. The van der Waals surface area contributed by atoms with Crippen LogP contribution in [-0.4, -0.2) is 64.1 Å². The Kier molecular flexibility index (Phi) is 6.63. The lowest BCUT2D eigenvalue weighted by molar-refractivity contribution is -0.534. The molecule has 0 bridgehead atoms. The van der Waals surface area contributed by atoms with Crippen molar-refractivity contribution in [1.29, 1.82) is 0 Å². The quantitative estimate of drug-likeness (QED) is 0.559. The summed E-state index contributed by atoms with van der Waals surface area (Å²) in [6, 6.07) is 2.00. The smallest absolute Gasteiger partial charge is 0.224 e. The second kappa shape index (κ2) is 10.2. The first-order valence-electron chi connectivity index (χ1n) is 13.1. The lowest BCUT2D eigenvalue weighted by Crippen LogP contribution is -2.33. The number of likely N-dealkylation sites (tertiary alicyclic amines) is 1. The van der Waals surface area contributed by atoms with E-state index in [1.807, 2.05) is 17.6 Å².